The molecule has 1 N–H and O–H groups in total. The zero-order valence-electron chi connectivity index (χ0n) is 16.7. The number of pyridine rings is 1. The lowest BCUT2D eigenvalue weighted by atomic mass is 9.68. The van der Waals surface area contributed by atoms with Crippen LogP contribution in [0.2, 0.25) is 0 Å². The Labute approximate surface area is 167 Å². The predicted octanol–water partition coefficient (Wildman–Crippen LogP) is 3.42. The molecule has 28 heavy (non-hydrogen) atoms. The zero-order valence-corrected chi connectivity index (χ0v) is 16.7. The first-order valence-corrected chi connectivity index (χ1v) is 10.3. The van der Waals surface area contributed by atoms with E-state index in [1.54, 1.807) is 19.5 Å². The van der Waals surface area contributed by atoms with E-state index in [0.29, 0.717) is 12.4 Å². The van der Waals surface area contributed by atoms with Crippen molar-refractivity contribution < 1.29 is 9.47 Å². The van der Waals surface area contributed by atoms with Crippen LogP contribution >= 0.6 is 0 Å². The van der Waals surface area contributed by atoms with Crippen LogP contribution < -0.4 is 10.1 Å². The summed E-state index contributed by atoms with van der Waals surface area (Å²) >= 11 is 0. The largest absolute Gasteiger partial charge is 0.480 e. The number of ether oxygens (including phenoxy) is 2. The lowest BCUT2D eigenvalue weighted by Gasteiger charge is -2.46. The van der Waals surface area contributed by atoms with E-state index < -0.39 is 0 Å². The molecule has 6 nitrogen and oxygen atoms in total. The molecule has 2 fully saturated rings. The normalized spacial score (nSPS) is 23.8. The third-order valence-corrected chi connectivity index (χ3v) is 6.33. The Morgan fingerprint density at radius 2 is 2.07 bits per heavy atom. The standard InChI is InChI=1S/C22H30N4O2/c1-27-20-16-24-15-18(26-20)14-23-12-9-21(19-6-2-5-11-25-19)10-13-28-22(17-21)7-3-4-8-22/h2,5-6,11,15-16,23H,3-4,7-10,12-14,17H2,1H3/t21-/m0/s1. The van der Waals surface area contributed by atoms with Gasteiger partial charge in [-0.25, -0.2) is 4.98 Å². The fourth-order valence-corrected chi connectivity index (χ4v) is 4.91. The van der Waals surface area contributed by atoms with E-state index in [-0.39, 0.29) is 11.0 Å². The molecule has 4 rings (SSSR count). The van der Waals surface area contributed by atoms with Crippen molar-refractivity contribution in [3.05, 3.63) is 48.2 Å². The van der Waals surface area contributed by atoms with Crippen molar-refractivity contribution in [2.75, 3.05) is 20.3 Å². The van der Waals surface area contributed by atoms with E-state index in [4.69, 9.17) is 14.5 Å². The van der Waals surface area contributed by atoms with Crippen LogP contribution in [-0.4, -0.2) is 40.8 Å². The minimum Gasteiger partial charge on any atom is -0.480 e. The van der Waals surface area contributed by atoms with Gasteiger partial charge in [0, 0.05) is 36.7 Å². The van der Waals surface area contributed by atoms with Crippen molar-refractivity contribution in [1.29, 1.82) is 0 Å². The number of methoxy groups -OCH3 is 1. The van der Waals surface area contributed by atoms with E-state index in [1.807, 2.05) is 12.3 Å². The van der Waals surface area contributed by atoms with Crippen LogP contribution in [0, 0.1) is 0 Å². The molecule has 1 atom stereocenters. The van der Waals surface area contributed by atoms with Crippen molar-refractivity contribution in [1.82, 2.24) is 20.3 Å². The van der Waals surface area contributed by atoms with Crippen LogP contribution in [0.1, 0.15) is 56.3 Å². The predicted molar refractivity (Wildman–Crippen MR) is 107 cm³/mol. The van der Waals surface area contributed by atoms with Gasteiger partial charge in [0.25, 0.3) is 0 Å². The second kappa shape index (κ2) is 8.53. The van der Waals surface area contributed by atoms with E-state index in [0.717, 1.165) is 38.1 Å². The van der Waals surface area contributed by atoms with Gasteiger partial charge in [-0.05, 0) is 50.8 Å². The molecule has 0 unspecified atom stereocenters. The smallest absolute Gasteiger partial charge is 0.232 e. The van der Waals surface area contributed by atoms with Crippen LogP contribution in [-0.2, 0) is 16.7 Å². The summed E-state index contributed by atoms with van der Waals surface area (Å²) in [5.41, 5.74) is 2.25. The number of nitrogens with zero attached hydrogens (tertiary/aromatic N) is 3. The van der Waals surface area contributed by atoms with E-state index in [1.165, 1.54) is 31.4 Å². The molecular weight excluding hydrogens is 352 g/mol. The molecule has 2 aliphatic rings. The second-order valence-corrected chi connectivity index (χ2v) is 8.14. The summed E-state index contributed by atoms with van der Waals surface area (Å²) in [5.74, 6) is 0.553. The minimum absolute atomic E-state index is 0.0635. The first-order chi connectivity index (χ1) is 13.7. The van der Waals surface area contributed by atoms with Crippen LogP contribution in [0.15, 0.2) is 36.8 Å². The number of nitrogens with one attached hydrogen (secondary N) is 1. The monoisotopic (exact) mass is 382 g/mol. The van der Waals surface area contributed by atoms with Gasteiger partial charge in [0.1, 0.15) is 0 Å². The third kappa shape index (κ3) is 4.18. The molecule has 6 heteroatoms. The quantitative estimate of drug-likeness (QED) is 0.740. The highest BCUT2D eigenvalue weighted by molar-refractivity contribution is 5.20. The Morgan fingerprint density at radius 1 is 1.18 bits per heavy atom. The lowest BCUT2D eigenvalue weighted by molar-refractivity contribution is -0.104. The lowest BCUT2D eigenvalue weighted by Crippen LogP contribution is -2.47. The molecule has 1 aliphatic carbocycles. The van der Waals surface area contributed by atoms with Crippen LogP contribution in [0.3, 0.4) is 0 Å². The molecule has 1 spiro atoms. The zero-order chi connectivity index (χ0) is 19.3. The summed E-state index contributed by atoms with van der Waals surface area (Å²) in [5, 5.41) is 3.55. The van der Waals surface area contributed by atoms with Gasteiger partial charge in [0.15, 0.2) is 0 Å². The van der Waals surface area contributed by atoms with E-state index in [9.17, 15) is 0 Å². The summed E-state index contributed by atoms with van der Waals surface area (Å²) in [6.07, 6.45) is 13.4. The summed E-state index contributed by atoms with van der Waals surface area (Å²) in [4.78, 5) is 13.4. The van der Waals surface area contributed by atoms with Crippen LogP contribution in [0.25, 0.3) is 0 Å². The average Bonchev–Trinajstić information content (AvgIpc) is 3.19. The molecule has 1 saturated heterocycles. The van der Waals surface area contributed by atoms with Gasteiger partial charge in [-0.3, -0.25) is 9.97 Å². The van der Waals surface area contributed by atoms with Crippen molar-refractivity contribution in [3.63, 3.8) is 0 Å². The summed E-state index contributed by atoms with van der Waals surface area (Å²) in [6.45, 7) is 2.42. The molecule has 2 aromatic heterocycles. The van der Waals surface area contributed by atoms with Gasteiger partial charge in [0.05, 0.1) is 24.6 Å². The Balaban J connectivity index is 1.44. The molecule has 0 amide bonds. The number of hydrogen-bond acceptors (Lipinski definition) is 6. The topological polar surface area (TPSA) is 69.2 Å². The Bertz CT molecular complexity index is 764. The average molecular weight is 383 g/mol. The maximum absolute atomic E-state index is 6.32. The van der Waals surface area contributed by atoms with Gasteiger partial charge in [-0.2, -0.15) is 0 Å². The SMILES string of the molecule is COc1cncc(CNCC[C@]2(c3ccccn3)CCOC3(CCCC3)C2)n1. The van der Waals surface area contributed by atoms with E-state index >= 15 is 0 Å². The summed E-state index contributed by atoms with van der Waals surface area (Å²) in [7, 11) is 1.61. The highest BCUT2D eigenvalue weighted by Gasteiger charge is 2.48. The fraction of sp³-hybridized carbons (Fsp3) is 0.591. The molecule has 2 aromatic rings. The Hall–Kier alpha value is -2.05. The Morgan fingerprint density at radius 3 is 2.86 bits per heavy atom. The van der Waals surface area contributed by atoms with Gasteiger partial charge in [-0.15, -0.1) is 0 Å². The first-order valence-electron chi connectivity index (χ1n) is 10.3. The van der Waals surface area contributed by atoms with Crippen molar-refractivity contribution >= 4 is 0 Å². The van der Waals surface area contributed by atoms with Crippen molar-refractivity contribution in [3.8, 4) is 5.88 Å². The van der Waals surface area contributed by atoms with Crippen LogP contribution in [0.4, 0.5) is 0 Å². The van der Waals surface area contributed by atoms with E-state index in [2.05, 4.69) is 27.4 Å². The Kier molecular flexibility index (Phi) is 5.87. The molecule has 1 saturated carbocycles. The van der Waals surface area contributed by atoms with Gasteiger partial charge in [0.2, 0.25) is 5.88 Å². The minimum atomic E-state index is 0.0635. The molecule has 0 aromatic carbocycles. The molecule has 1 aliphatic heterocycles. The molecule has 150 valence electrons. The molecule has 0 bridgehead atoms. The fourth-order valence-electron chi connectivity index (χ4n) is 4.91. The maximum Gasteiger partial charge on any atom is 0.232 e. The van der Waals surface area contributed by atoms with Gasteiger partial charge in [-0.1, -0.05) is 18.9 Å². The second-order valence-electron chi connectivity index (χ2n) is 8.14. The maximum atomic E-state index is 6.32. The molecular formula is C22H30N4O2. The highest BCUT2D eigenvalue weighted by Crippen LogP contribution is 2.49. The molecule has 0 radical (unpaired) electrons. The third-order valence-electron chi connectivity index (χ3n) is 6.33. The molecule has 3 heterocycles. The van der Waals surface area contributed by atoms with Crippen molar-refractivity contribution in [2.24, 2.45) is 0 Å². The van der Waals surface area contributed by atoms with Crippen molar-refractivity contribution in [2.45, 2.75) is 62.5 Å². The number of aromatic nitrogens is 3. The first kappa shape index (κ1) is 19.3. The summed E-state index contributed by atoms with van der Waals surface area (Å²) in [6, 6.07) is 6.31. The van der Waals surface area contributed by atoms with Gasteiger partial charge >= 0.3 is 0 Å². The highest BCUT2D eigenvalue weighted by atomic mass is 16.5. The number of rotatable bonds is 7. The number of hydrogen-bond donors (Lipinski definition) is 1. The summed E-state index contributed by atoms with van der Waals surface area (Å²) < 4.78 is 11.5. The van der Waals surface area contributed by atoms with Crippen LogP contribution in [0.5, 0.6) is 5.88 Å². The van der Waals surface area contributed by atoms with Gasteiger partial charge < -0.3 is 14.8 Å².